The van der Waals surface area contributed by atoms with E-state index in [1.807, 2.05) is 41.5 Å². The minimum Gasteiger partial charge on any atom is -0.489 e. The molecule has 32 heavy (non-hydrogen) atoms. The molecular formula is C23H32Cl2N2O4S. The molecule has 0 saturated carbocycles. The van der Waals surface area contributed by atoms with E-state index in [0.717, 1.165) is 0 Å². The number of ether oxygens (including phenoxy) is 2. The second kappa shape index (κ2) is 10.6. The third-order valence-electron chi connectivity index (χ3n) is 4.59. The van der Waals surface area contributed by atoms with Gasteiger partial charge in [0.1, 0.15) is 28.9 Å². The van der Waals surface area contributed by atoms with Crippen molar-refractivity contribution in [2.24, 2.45) is 10.3 Å². The Morgan fingerprint density at radius 3 is 2.44 bits per heavy atom. The van der Waals surface area contributed by atoms with E-state index in [1.54, 1.807) is 23.1 Å². The number of benzene rings is 1. The lowest BCUT2D eigenvalue weighted by Crippen LogP contribution is -2.36. The predicted octanol–water partition coefficient (Wildman–Crippen LogP) is 6.07. The van der Waals surface area contributed by atoms with E-state index in [1.165, 1.54) is 0 Å². The van der Waals surface area contributed by atoms with E-state index in [4.69, 9.17) is 32.7 Å². The first-order chi connectivity index (χ1) is 14.7. The molecule has 1 aromatic rings. The minimum absolute atomic E-state index is 0.169. The molecule has 0 bridgehead atoms. The van der Waals surface area contributed by atoms with Gasteiger partial charge in [-0.15, -0.1) is 0 Å². The Labute approximate surface area is 203 Å². The van der Waals surface area contributed by atoms with Gasteiger partial charge in [0, 0.05) is 30.6 Å². The lowest BCUT2D eigenvalue weighted by atomic mass is 9.95. The number of amides is 1. The van der Waals surface area contributed by atoms with Crippen molar-refractivity contribution in [2.75, 3.05) is 19.7 Å². The van der Waals surface area contributed by atoms with Crippen LogP contribution < -0.4 is 4.74 Å². The van der Waals surface area contributed by atoms with Gasteiger partial charge in [0.2, 0.25) is 0 Å². The van der Waals surface area contributed by atoms with Gasteiger partial charge in [-0.2, -0.15) is 4.40 Å². The number of likely N-dealkylation sites (tertiary alicyclic amines) is 1. The van der Waals surface area contributed by atoms with Gasteiger partial charge in [-0.25, -0.2) is 9.00 Å². The third kappa shape index (κ3) is 7.22. The van der Waals surface area contributed by atoms with Gasteiger partial charge >= 0.3 is 6.09 Å². The fraction of sp³-hybridized carbons (Fsp3) is 0.565. The first-order valence-corrected chi connectivity index (χ1v) is 12.3. The van der Waals surface area contributed by atoms with Crippen LogP contribution in [0.4, 0.5) is 4.79 Å². The van der Waals surface area contributed by atoms with Crippen LogP contribution in [0.1, 0.15) is 53.5 Å². The van der Waals surface area contributed by atoms with E-state index >= 15 is 0 Å². The normalized spacial score (nSPS) is 18.4. The molecule has 2 atom stereocenters. The summed E-state index contributed by atoms with van der Waals surface area (Å²) in [6.45, 7) is 15.9. The van der Waals surface area contributed by atoms with Gasteiger partial charge in [-0.05, 0) is 54.0 Å². The summed E-state index contributed by atoms with van der Waals surface area (Å²) in [4.78, 5) is 14.2. The molecule has 1 aliphatic heterocycles. The average Bonchev–Trinajstić information content (AvgIpc) is 3.14. The van der Waals surface area contributed by atoms with Crippen molar-refractivity contribution in [3.8, 4) is 5.75 Å². The molecule has 1 saturated heterocycles. The SMILES string of the molecule is C=CCOc1cc(Cl)c(Cl)cc1C(=NS(=O)C(C)(C)C)[C@H]1CCN(C(=O)OC(C)(C)C)C1. The highest BCUT2D eigenvalue weighted by atomic mass is 35.5. The Morgan fingerprint density at radius 1 is 1.25 bits per heavy atom. The second-order valence-electron chi connectivity index (χ2n) is 9.61. The quantitative estimate of drug-likeness (QED) is 0.349. The predicted molar refractivity (Wildman–Crippen MR) is 133 cm³/mol. The maximum atomic E-state index is 13.0. The molecule has 1 amide bonds. The molecule has 2 rings (SSSR count). The van der Waals surface area contributed by atoms with Gasteiger partial charge < -0.3 is 14.4 Å². The van der Waals surface area contributed by atoms with E-state index in [-0.39, 0.29) is 18.6 Å². The molecule has 1 aromatic carbocycles. The summed E-state index contributed by atoms with van der Waals surface area (Å²) in [6.07, 6.45) is 1.88. The number of hydrogen-bond acceptors (Lipinski definition) is 4. The number of carbonyl (C=O) groups is 1. The molecule has 9 heteroatoms. The molecule has 1 heterocycles. The van der Waals surface area contributed by atoms with Crippen LogP contribution in [0, 0.1) is 5.92 Å². The molecule has 1 unspecified atom stereocenters. The Bertz CT molecular complexity index is 920. The molecule has 0 aromatic heterocycles. The smallest absolute Gasteiger partial charge is 0.410 e. The number of hydrogen-bond donors (Lipinski definition) is 0. The van der Waals surface area contributed by atoms with Crippen LogP contribution in [0.5, 0.6) is 5.75 Å². The van der Waals surface area contributed by atoms with Gasteiger partial charge in [0.05, 0.1) is 20.5 Å². The summed E-state index contributed by atoms with van der Waals surface area (Å²) in [5.41, 5.74) is 0.590. The van der Waals surface area contributed by atoms with E-state index in [2.05, 4.69) is 11.0 Å². The standard InChI is InChI=1S/C23H32Cl2N2O4S/c1-8-11-30-19-13-18(25)17(24)12-16(19)20(26-32(29)23(5,6)7)15-9-10-27(14-15)21(28)31-22(2,3)4/h8,12-13,15H,1,9-11,14H2,2-7H3/t15-,32?/m0/s1. The van der Waals surface area contributed by atoms with Crippen molar-refractivity contribution in [3.05, 3.63) is 40.4 Å². The first kappa shape index (κ1) is 26.7. The molecular weight excluding hydrogens is 471 g/mol. The number of nitrogens with zero attached hydrogens (tertiary/aromatic N) is 2. The van der Waals surface area contributed by atoms with Crippen LogP contribution >= 0.6 is 23.2 Å². The zero-order valence-corrected chi connectivity index (χ0v) is 21.9. The first-order valence-electron chi connectivity index (χ1n) is 10.4. The summed E-state index contributed by atoms with van der Waals surface area (Å²) in [7, 11) is -1.53. The molecule has 1 fully saturated rings. The molecule has 0 N–H and O–H groups in total. The topological polar surface area (TPSA) is 68.2 Å². The fourth-order valence-corrected chi connectivity index (χ4v) is 4.06. The Morgan fingerprint density at radius 2 is 1.88 bits per heavy atom. The second-order valence-corrected chi connectivity index (χ2v) is 12.3. The van der Waals surface area contributed by atoms with E-state index in [0.29, 0.717) is 46.6 Å². The number of halogens is 2. The van der Waals surface area contributed by atoms with Crippen molar-refractivity contribution >= 4 is 46.0 Å². The highest BCUT2D eigenvalue weighted by Crippen LogP contribution is 2.35. The van der Waals surface area contributed by atoms with Crippen molar-refractivity contribution in [1.82, 2.24) is 4.90 Å². The van der Waals surface area contributed by atoms with Crippen LogP contribution in [0.3, 0.4) is 0 Å². The lowest BCUT2D eigenvalue weighted by molar-refractivity contribution is 0.0292. The summed E-state index contributed by atoms with van der Waals surface area (Å²) >= 11 is 12.6. The Hall–Kier alpha value is -1.57. The summed E-state index contributed by atoms with van der Waals surface area (Å²) in [6, 6.07) is 3.30. The number of rotatable bonds is 6. The summed E-state index contributed by atoms with van der Waals surface area (Å²) < 4.78 is 28.4. The monoisotopic (exact) mass is 502 g/mol. The zero-order valence-electron chi connectivity index (χ0n) is 19.5. The molecule has 0 spiro atoms. The molecule has 178 valence electrons. The van der Waals surface area contributed by atoms with Gasteiger partial charge in [0.25, 0.3) is 0 Å². The van der Waals surface area contributed by atoms with Crippen LogP contribution in [0.25, 0.3) is 0 Å². The van der Waals surface area contributed by atoms with Crippen LogP contribution in [0.15, 0.2) is 29.2 Å². The van der Waals surface area contributed by atoms with Crippen molar-refractivity contribution in [1.29, 1.82) is 0 Å². The zero-order chi connectivity index (χ0) is 24.3. The van der Waals surface area contributed by atoms with Crippen molar-refractivity contribution in [3.63, 3.8) is 0 Å². The molecule has 1 aliphatic rings. The number of carbonyl (C=O) groups excluding carboxylic acids is 1. The summed E-state index contributed by atoms with van der Waals surface area (Å²) in [5, 5.41) is 0.677. The van der Waals surface area contributed by atoms with E-state index < -0.39 is 21.3 Å². The fourth-order valence-electron chi connectivity index (χ4n) is 3.04. The van der Waals surface area contributed by atoms with Gasteiger partial charge in [-0.3, -0.25) is 0 Å². The van der Waals surface area contributed by atoms with Crippen LogP contribution in [-0.4, -0.2) is 51.0 Å². The average molecular weight is 503 g/mol. The minimum atomic E-state index is -1.53. The molecule has 6 nitrogen and oxygen atoms in total. The lowest BCUT2D eigenvalue weighted by Gasteiger charge is -2.25. The Balaban J connectivity index is 2.49. The largest absolute Gasteiger partial charge is 0.489 e. The van der Waals surface area contributed by atoms with Crippen molar-refractivity contribution in [2.45, 2.75) is 58.3 Å². The van der Waals surface area contributed by atoms with Gasteiger partial charge in [0.15, 0.2) is 0 Å². The summed E-state index contributed by atoms with van der Waals surface area (Å²) in [5.74, 6) is 0.303. The van der Waals surface area contributed by atoms with Crippen molar-refractivity contribution < 1.29 is 18.5 Å². The maximum absolute atomic E-state index is 13.0. The third-order valence-corrected chi connectivity index (χ3v) is 6.72. The highest BCUT2D eigenvalue weighted by molar-refractivity contribution is 7.85. The molecule has 0 radical (unpaired) electrons. The Kier molecular flexibility index (Phi) is 8.82. The maximum Gasteiger partial charge on any atom is 0.410 e. The van der Waals surface area contributed by atoms with Gasteiger partial charge in [-0.1, -0.05) is 35.9 Å². The van der Waals surface area contributed by atoms with E-state index in [9.17, 15) is 9.00 Å². The highest BCUT2D eigenvalue weighted by Gasteiger charge is 2.35. The van der Waals surface area contributed by atoms with Crippen LogP contribution in [-0.2, 0) is 15.7 Å². The van der Waals surface area contributed by atoms with Crippen LogP contribution in [0.2, 0.25) is 10.0 Å². The molecule has 0 aliphatic carbocycles.